The highest BCUT2D eigenvalue weighted by atomic mass is 15.0. The number of benzene rings is 1. The standard InChI is InChI=1S/C23H30N/c1-6-9-12-19-14-15-21-20(16-19)22-13-10-11-17(4)24(22)18(5)23(21,7-2)8-3/h10-11,13-16H,5-9,12H2,1-4H3/q+1. The number of unbranched alkanes of at least 4 members (excludes halogenated alkanes) is 1. The maximum absolute atomic E-state index is 4.55. The third-order valence-corrected chi connectivity index (χ3v) is 5.91. The van der Waals surface area contributed by atoms with Crippen LogP contribution in [0.4, 0.5) is 0 Å². The highest BCUT2D eigenvalue weighted by molar-refractivity contribution is 5.73. The number of fused-ring (bicyclic) bond motifs is 3. The fourth-order valence-electron chi connectivity index (χ4n) is 4.35. The van der Waals surface area contributed by atoms with Gasteiger partial charge in [0.15, 0.2) is 11.4 Å². The van der Waals surface area contributed by atoms with Crippen LogP contribution in [0.1, 0.15) is 63.3 Å². The van der Waals surface area contributed by atoms with Gasteiger partial charge in [-0.3, -0.25) is 0 Å². The van der Waals surface area contributed by atoms with Crippen LogP contribution < -0.4 is 4.57 Å². The van der Waals surface area contributed by atoms with Gasteiger partial charge in [-0.05, 0) is 55.5 Å². The number of aryl methyl sites for hydroxylation is 2. The minimum Gasteiger partial charge on any atom is -0.161 e. The van der Waals surface area contributed by atoms with Crippen LogP contribution in [-0.4, -0.2) is 0 Å². The first kappa shape index (κ1) is 17.0. The molecule has 126 valence electrons. The molecule has 0 N–H and O–H groups in total. The number of hydrogen-bond donors (Lipinski definition) is 0. The van der Waals surface area contributed by atoms with Gasteiger partial charge < -0.3 is 0 Å². The van der Waals surface area contributed by atoms with Gasteiger partial charge in [-0.25, -0.2) is 0 Å². The summed E-state index contributed by atoms with van der Waals surface area (Å²) in [6, 6.07) is 13.8. The average molecular weight is 321 g/mol. The summed E-state index contributed by atoms with van der Waals surface area (Å²) in [5.74, 6) is 0. The van der Waals surface area contributed by atoms with Crippen LogP contribution >= 0.6 is 0 Å². The molecule has 2 aromatic rings. The number of pyridine rings is 1. The fourth-order valence-corrected chi connectivity index (χ4v) is 4.35. The van der Waals surface area contributed by atoms with E-state index in [1.165, 1.54) is 53.0 Å². The second kappa shape index (κ2) is 6.55. The Kier molecular flexibility index (Phi) is 4.62. The van der Waals surface area contributed by atoms with Crippen molar-refractivity contribution in [3.8, 4) is 11.3 Å². The molecule has 0 unspecified atom stereocenters. The fraction of sp³-hybridized carbons (Fsp3) is 0.435. The smallest absolute Gasteiger partial charge is 0.161 e. The summed E-state index contributed by atoms with van der Waals surface area (Å²) < 4.78 is 2.39. The molecule has 1 heteroatoms. The zero-order chi connectivity index (χ0) is 17.3. The SMILES string of the molecule is C=C1[n+]2c(C)cccc2-c2cc(CCCC)ccc2C1(CC)CC. The van der Waals surface area contributed by atoms with Gasteiger partial charge in [0, 0.05) is 19.1 Å². The van der Waals surface area contributed by atoms with E-state index >= 15 is 0 Å². The number of allylic oxidation sites excluding steroid dienone is 1. The van der Waals surface area contributed by atoms with Crippen molar-refractivity contribution in [3.63, 3.8) is 0 Å². The monoisotopic (exact) mass is 320 g/mol. The largest absolute Gasteiger partial charge is 0.218 e. The van der Waals surface area contributed by atoms with Crippen LogP contribution in [0.3, 0.4) is 0 Å². The van der Waals surface area contributed by atoms with Gasteiger partial charge >= 0.3 is 0 Å². The van der Waals surface area contributed by atoms with Crippen LogP contribution in [0.2, 0.25) is 0 Å². The van der Waals surface area contributed by atoms with Gasteiger partial charge in [-0.1, -0.05) is 39.3 Å². The lowest BCUT2D eigenvalue weighted by Crippen LogP contribution is -2.50. The first-order valence-corrected chi connectivity index (χ1v) is 9.44. The maximum atomic E-state index is 4.55. The predicted octanol–water partition coefficient (Wildman–Crippen LogP) is 5.83. The third kappa shape index (κ3) is 2.42. The van der Waals surface area contributed by atoms with Gasteiger partial charge in [0.1, 0.15) is 0 Å². The maximum Gasteiger partial charge on any atom is 0.218 e. The molecule has 3 rings (SSSR count). The van der Waals surface area contributed by atoms with Crippen molar-refractivity contribution in [2.45, 2.75) is 65.2 Å². The Morgan fingerprint density at radius 1 is 1.04 bits per heavy atom. The Bertz CT molecular complexity index is 766. The lowest BCUT2D eigenvalue weighted by atomic mass is 9.68. The van der Waals surface area contributed by atoms with Crippen molar-refractivity contribution in [2.24, 2.45) is 0 Å². The molecule has 1 aliphatic heterocycles. The quantitative estimate of drug-likeness (QED) is 0.610. The van der Waals surface area contributed by atoms with Gasteiger partial charge in [-0.15, -0.1) is 0 Å². The molecule has 0 atom stereocenters. The molecule has 24 heavy (non-hydrogen) atoms. The molecule has 1 aliphatic rings. The van der Waals surface area contributed by atoms with Crippen LogP contribution in [0.25, 0.3) is 17.0 Å². The third-order valence-electron chi connectivity index (χ3n) is 5.91. The molecular formula is C23H30N+. The number of nitrogens with zero attached hydrogens (tertiary/aromatic N) is 1. The number of aromatic nitrogens is 1. The minimum atomic E-state index is 0.0440. The van der Waals surface area contributed by atoms with E-state index in [9.17, 15) is 0 Å². The Morgan fingerprint density at radius 2 is 1.79 bits per heavy atom. The molecule has 0 fully saturated rings. The van der Waals surface area contributed by atoms with E-state index in [1.807, 2.05) is 0 Å². The molecule has 0 saturated heterocycles. The summed E-state index contributed by atoms with van der Waals surface area (Å²) in [5, 5.41) is 0. The molecule has 0 saturated carbocycles. The molecule has 1 aromatic carbocycles. The first-order valence-electron chi connectivity index (χ1n) is 9.44. The van der Waals surface area contributed by atoms with Crippen LogP contribution in [0.5, 0.6) is 0 Å². The highest BCUT2D eigenvalue weighted by Crippen LogP contribution is 2.46. The summed E-state index contributed by atoms with van der Waals surface area (Å²) >= 11 is 0. The molecule has 0 radical (unpaired) electrons. The summed E-state index contributed by atoms with van der Waals surface area (Å²) in [5.41, 5.74) is 8.17. The Hall–Kier alpha value is -1.89. The average Bonchev–Trinajstić information content (AvgIpc) is 2.61. The van der Waals surface area contributed by atoms with E-state index in [4.69, 9.17) is 0 Å². The van der Waals surface area contributed by atoms with E-state index < -0.39 is 0 Å². The van der Waals surface area contributed by atoms with E-state index in [2.05, 4.69) is 75.2 Å². The Morgan fingerprint density at radius 3 is 2.46 bits per heavy atom. The molecule has 2 heterocycles. The van der Waals surface area contributed by atoms with Gasteiger partial charge in [0.25, 0.3) is 0 Å². The summed E-state index contributed by atoms with van der Waals surface area (Å²) in [6.45, 7) is 13.6. The Labute approximate surface area is 147 Å². The lowest BCUT2D eigenvalue weighted by molar-refractivity contribution is -0.584. The van der Waals surface area contributed by atoms with Gasteiger partial charge in [-0.2, -0.15) is 4.57 Å². The van der Waals surface area contributed by atoms with Crippen molar-refractivity contribution in [3.05, 3.63) is 59.8 Å². The lowest BCUT2D eigenvalue weighted by Gasteiger charge is -2.36. The topological polar surface area (TPSA) is 3.88 Å². The van der Waals surface area contributed by atoms with Crippen LogP contribution in [-0.2, 0) is 11.8 Å². The van der Waals surface area contributed by atoms with E-state index in [0.717, 1.165) is 12.8 Å². The van der Waals surface area contributed by atoms with Crippen molar-refractivity contribution >= 4 is 5.70 Å². The molecule has 1 aromatic heterocycles. The van der Waals surface area contributed by atoms with E-state index in [-0.39, 0.29) is 5.41 Å². The predicted molar refractivity (Wildman–Crippen MR) is 103 cm³/mol. The minimum absolute atomic E-state index is 0.0440. The summed E-state index contributed by atoms with van der Waals surface area (Å²) in [6.07, 6.45) is 5.84. The second-order valence-corrected chi connectivity index (χ2v) is 7.11. The van der Waals surface area contributed by atoms with Crippen molar-refractivity contribution < 1.29 is 4.57 Å². The molecular weight excluding hydrogens is 290 g/mol. The van der Waals surface area contributed by atoms with E-state index in [0.29, 0.717) is 0 Å². The highest BCUT2D eigenvalue weighted by Gasteiger charge is 2.46. The van der Waals surface area contributed by atoms with Gasteiger partial charge in [0.05, 0.1) is 11.0 Å². The van der Waals surface area contributed by atoms with E-state index in [1.54, 1.807) is 0 Å². The number of rotatable bonds is 5. The molecule has 1 nitrogen and oxygen atoms in total. The normalized spacial score (nSPS) is 15.1. The van der Waals surface area contributed by atoms with Crippen molar-refractivity contribution in [2.75, 3.05) is 0 Å². The van der Waals surface area contributed by atoms with Gasteiger partial charge in [0.2, 0.25) is 5.69 Å². The first-order chi connectivity index (χ1) is 11.6. The summed E-state index contributed by atoms with van der Waals surface area (Å²) in [4.78, 5) is 0. The van der Waals surface area contributed by atoms with Crippen molar-refractivity contribution in [1.82, 2.24) is 0 Å². The molecule has 0 amide bonds. The molecule has 0 bridgehead atoms. The van der Waals surface area contributed by atoms with Crippen molar-refractivity contribution in [1.29, 1.82) is 0 Å². The molecule has 0 aliphatic carbocycles. The second-order valence-electron chi connectivity index (χ2n) is 7.11. The number of hydrogen-bond acceptors (Lipinski definition) is 0. The summed E-state index contributed by atoms with van der Waals surface area (Å²) in [7, 11) is 0. The zero-order valence-corrected chi connectivity index (χ0v) is 15.7. The molecule has 0 spiro atoms. The van der Waals surface area contributed by atoms with Crippen LogP contribution in [0, 0.1) is 6.92 Å². The zero-order valence-electron chi connectivity index (χ0n) is 15.7. The van der Waals surface area contributed by atoms with Crippen LogP contribution in [0.15, 0.2) is 43.0 Å². The Balaban J connectivity index is 2.28.